The summed E-state index contributed by atoms with van der Waals surface area (Å²) in [6, 6.07) is 0.465. The third-order valence-electron chi connectivity index (χ3n) is 4.27. The van der Waals surface area contributed by atoms with Gasteiger partial charge in [0.25, 0.3) is 0 Å². The molecule has 1 N–H and O–H groups in total. The smallest absolute Gasteiger partial charge is 0.0987 e. The molecule has 18 heavy (non-hydrogen) atoms. The van der Waals surface area contributed by atoms with Crippen molar-refractivity contribution in [2.75, 3.05) is 20.8 Å². The number of nitrogens with one attached hydrogen (secondary N) is 1. The zero-order valence-corrected chi connectivity index (χ0v) is 11.9. The second kappa shape index (κ2) is 6.85. The van der Waals surface area contributed by atoms with Gasteiger partial charge in [0.2, 0.25) is 0 Å². The Hall–Kier alpha value is -0.160. The SMILES string of the molecule is CCNC1CC(OC2CCCC(OC)C2)C1OC. The molecule has 0 bridgehead atoms. The molecular formula is C14H27NO3. The van der Waals surface area contributed by atoms with Crippen molar-refractivity contribution in [2.45, 2.75) is 69.5 Å². The Morgan fingerprint density at radius 2 is 1.83 bits per heavy atom. The van der Waals surface area contributed by atoms with Gasteiger partial charge < -0.3 is 19.5 Å². The lowest BCUT2D eigenvalue weighted by Crippen LogP contribution is -2.60. The molecule has 2 aliphatic carbocycles. The van der Waals surface area contributed by atoms with Crippen molar-refractivity contribution in [3.8, 4) is 0 Å². The maximum Gasteiger partial charge on any atom is 0.0987 e. The van der Waals surface area contributed by atoms with Crippen molar-refractivity contribution in [3.05, 3.63) is 0 Å². The van der Waals surface area contributed by atoms with Crippen molar-refractivity contribution in [1.82, 2.24) is 5.32 Å². The van der Waals surface area contributed by atoms with Crippen LogP contribution in [-0.4, -0.2) is 51.2 Å². The highest BCUT2D eigenvalue weighted by molar-refractivity contribution is 4.97. The van der Waals surface area contributed by atoms with Crippen LogP contribution in [0.25, 0.3) is 0 Å². The molecule has 5 atom stereocenters. The second-order valence-corrected chi connectivity index (χ2v) is 5.42. The van der Waals surface area contributed by atoms with Gasteiger partial charge in [-0.15, -0.1) is 0 Å². The highest BCUT2D eigenvalue weighted by Gasteiger charge is 2.43. The van der Waals surface area contributed by atoms with Crippen LogP contribution in [0.4, 0.5) is 0 Å². The summed E-state index contributed by atoms with van der Waals surface area (Å²) in [6.07, 6.45) is 6.88. The Bertz CT molecular complexity index is 249. The van der Waals surface area contributed by atoms with Gasteiger partial charge in [0.15, 0.2) is 0 Å². The number of hydrogen-bond donors (Lipinski definition) is 1. The van der Waals surface area contributed by atoms with Crippen molar-refractivity contribution < 1.29 is 14.2 Å². The van der Waals surface area contributed by atoms with E-state index in [0.29, 0.717) is 18.2 Å². The number of likely N-dealkylation sites (N-methyl/N-ethyl adjacent to an activating group) is 1. The van der Waals surface area contributed by atoms with E-state index in [-0.39, 0.29) is 12.2 Å². The molecule has 0 aromatic heterocycles. The number of ether oxygens (including phenoxy) is 3. The van der Waals surface area contributed by atoms with Crippen LogP contribution in [-0.2, 0) is 14.2 Å². The summed E-state index contributed by atoms with van der Waals surface area (Å²) >= 11 is 0. The molecule has 5 unspecified atom stereocenters. The molecule has 0 heterocycles. The van der Waals surface area contributed by atoms with Gasteiger partial charge >= 0.3 is 0 Å². The van der Waals surface area contributed by atoms with Crippen LogP contribution in [0.1, 0.15) is 39.0 Å². The molecule has 0 saturated heterocycles. The average Bonchev–Trinajstić information content (AvgIpc) is 2.38. The normalized spacial score (nSPS) is 40.5. The standard InChI is InChI=1S/C14H27NO3/c1-4-15-12-9-13(14(12)17-3)18-11-7-5-6-10(8-11)16-2/h10-15H,4-9H2,1-3H3. The summed E-state index contributed by atoms with van der Waals surface area (Å²) in [7, 11) is 3.58. The lowest BCUT2D eigenvalue weighted by atomic mass is 9.84. The first-order chi connectivity index (χ1) is 8.78. The predicted molar refractivity (Wildman–Crippen MR) is 70.8 cm³/mol. The second-order valence-electron chi connectivity index (χ2n) is 5.42. The molecule has 0 amide bonds. The van der Waals surface area contributed by atoms with Crippen molar-refractivity contribution in [1.29, 1.82) is 0 Å². The quantitative estimate of drug-likeness (QED) is 0.786. The van der Waals surface area contributed by atoms with Crippen molar-refractivity contribution in [3.63, 3.8) is 0 Å². The molecule has 2 rings (SSSR count). The van der Waals surface area contributed by atoms with Gasteiger partial charge in [0, 0.05) is 20.3 Å². The first kappa shape index (κ1) is 14.3. The summed E-state index contributed by atoms with van der Waals surface area (Å²) in [4.78, 5) is 0. The molecule has 0 aliphatic heterocycles. The average molecular weight is 257 g/mol. The summed E-state index contributed by atoms with van der Waals surface area (Å²) < 4.78 is 17.2. The van der Waals surface area contributed by atoms with E-state index in [1.165, 1.54) is 19.3 Å². The highest BCUT2D eigenvalue weighted by Crippen LogP contribution is 2.32. The van der Waals surface area contributed by atoms with Crippen LogP contribution in [0.2, 0.25) is 0 Å². The molecule has 0 aromatic carbocycles. The molecule has 0 spiro atoms. The van der Waals surface area contributed by atoms with Crippen molar-refractivity contribution in [2.24, 2.45) is 0 Å². The van der Waals surface area contributed by atoms with E-state index in [0.717, 1.165) is 19.4 Å². The number of hydrogen-bond acceptors (Lipinski definition) is 4. The molecule has 106 valence electrons. The van der Waals surface area contributed by atoms with Gasteiger partial charge in [-0.2, -0.15) is 0 Å². The molecule has 4 heteroatoms. The van der Waals surface area contributed by atoms with Crippen LogP contribution in [0.5, 0.6) is 0 Å². The summed E-state index contributed by atoms with van der Waals surface area (Å²) in [5.41, 5.74) is 0. The Balaban J connectivity index is 1.76. The minimum Gasteiger partial charge on any atom is -0.381 e. The van der Waals surface area contributed by atoms with E-state index in [9.17, 15) is 0 Å². The maximum absolute atomic E-state index is 6.19. The molecular weight excluding hydrogens is 230 g/mol. The summed E-state index contributed by atoms with van der Waals surface area (Å²) in [5.74, 6) is 0. The van der Waals surface area contributed by atoms with Gasteiger partial charge in [0.05, 0.1) is 24.4 Å². The fraction of sp³-hybridized carbons (Fsp3) is 1.00. The largest absolute Gasteiger partial charge is 0.381 e. The fourth-order valence-corrected chi connectivity index (χ4v) is 3.18. The van der Waals surface area contributed by atoms with Crippen molar-refractivity contribution >= 4 is 0 Å². The molecule has 0 aromatic rings. The molecule has 0 radical (unpaired) electrons. The van der Waals surface area contributed by atoms with Crippen LogP contribution in [0, 0.1) is 0 Å². The minimum atomic E-state index is 0.216. The highest BCUT2D eigenvalue weighted by atomic mass is 16.5. The minimum absolute atomic E-state index is 0.216. The van der Waals surface area contributed by atoms with Crippen LogP contribution in [0.3, 0.4) is 0 Å². The topological polar surface area (TPSA) is 39.7 Å². The van der Waals surface area contributed by atoms with Crippen LogP contribution in [0.15, 0.2) is 0 Å². The molecule has 4 nitrogen and oxygen atoms in total. The monoisotopic (exact) mass is 257 g/mol. The van der Waals surface area contributed by atoms with E-state index < -0.39 is 0 Å². The van der Waals surface area contributed by atoms with Gasteiger partial charge in [0.1, 0.15) is 0 Å². The fourth-order valence-electron chi connectivity index (χ4n) is 3.18. The lowest BCUT2D eigenvalue weighted by molar-refractivity contribution is -0.169. The molecule has 2 saturated carbocycles. The van der Waals surface area contributed by atoms with Crippen LogP contribution >= 0.6 is 0 Å². The van der Waals surface area contributed by atoms with Gasteiger partial charge in [-0.3, -0.25) is 0 Å². The van der Waals surface area contributed by atoms with Gasteiger partial charge in [-0.1, -0.05) is 6.92 Å². The van der Waals surface area contributed by atoms with E-state index in [1.54, 1.807) is 14.2 Å². The van der Waals surface area contributed by atoms with Crippen LogP contribution < -0.4 is 5.32 Å². The Kier molecular flexibility index (Phi) is 5.42. The molecule has 2 aliphatic rings. The summed E-state index contributed by atoms with van der Waals surface area (Å²) in [6.45, 7) is 3.12. The lowest BCUT2D eigenvalue weighted by Gasteiger charge is -2.45. The first-order valence-corrected chi connectivity index (χ1v) is 7.22. The Morgan fingerprint density at radius 1 is 1.06 bits per heavy atom. The third kappa shape index (κ3) is 3.23. The maximum atomic E-state index is 6.19. The zero-order valence-electron chi connectivity index (χ0n) is 11.9. The zero-order chi connectivity index (χ0) is 13.0. The first-order valence-electron chi connectivity index (χ1n) is 7.22. The van der Waals surface area contributed by atoms with Gasteiger partial charge in [-0.25, -0.2) is 0 Å². The third-order valence-corrected chi connectivity index (χ3v) is 4.27. The van der Waals surface area contributed by atoms with Gasteiger partial charge in [-0.05, 0) is 38.6 Å². The number of rotatable bonds is 6. The molecule has 2 fully saturated rings. The van der Waals surface area contributed by atoms with E-state index in [2.05, 4.69) is 12.2 Å². The summed E-state index contributed by atoms with van der Waals surface area (Å²) in [5, 5.41) is 3.44. The van der Waals surface area contributed by atoms with E-state index >= 15 is 0 Å². The number of methoxy groups -OCH3 is 2. The van der Waals surface area contributed by atoms with E-state index in [1.807, 2.05) is 0 Å². The van der Waals surface area contributed by atoms with E-state index in [4.69, 9.17) is 14.2 Å². The Morgan fingerprint density at radius 3 is 2.50 bits per heavy atom. The Labute approximate surface area is 110 Å². The predicted octanol–water partition coefficient (Wildman–Crippen LogP) is 1.73.